The van der Waals surface area contributed by atoms with E-state index in [2.05, 4.69) is 28.7 Å². The number of benzene rings is 1. The molecule has 1 aliphatic heterocycles. The first-order valence-electron chi connectivity index (χ1n) is 9.46. The van der Waals surface area contributed by atoms with E-state index in [4.69, 9.17) is 9.94 Å². The van der Waals surface area contributed by atoms with Gasteiger partial charge in [-0.3, -0.25) is 19.4 Å². The van der Waals surface area contributed by atoms with E-state index >= 15 is 0 Å². The summed E-state index contributed by atoms with van der Waals surface area (Å²) in [6.07, 6.45) is 1.90. The van der Waals surface area contributed by atoms with E-state index in [0.29, 0.717) is 11.1 Å². The van der Waals surface area contributed by atoms with Crippen molar-refractivity contribution in [2.24, 2.45) is 0 Å². The van der Waals surface area contributed by atoms with Crippen LogP contribution in [-0.2, 0) is 25.9 Å². The Morgan fingerprint density at radius 1 is 1.38 bits per heavy atom. The van der Waals surface area contributed by atoms with E-state index in [1.165, 1.54) is 23.3 Å². The minimum Gasteiger partial charge on any atom is -0.373 e. The van der Waals surface area contributed by atoms with Crippen molar-refractivity contribution in [2.45, 2.75) is 30.2 Å². The fourth-order valence-corrected chi connectivity index (χ4v) is 3.78. The van der Waals surface area contributed by atoms with Crippen molar-refractivity contribution < 1.29 is 28.3 Å². The number of hydrogen-bond acceptors (Lipinski definition) is 8. The zero-order valence-electron chi connectivity index (χ0n) is 17.4. The van der Waals surface area contributed by atoms with Crippen molar-refractivity contribution in [3.63, 3.8) is 0 Å². The Kier molecular flexibility index (Phi) is 6.39. The Bertz CT molecular complexity index is 1350. The van der Waals surface area contributed by atoms with Crippen molar-refractivity contribution >= 4 is 26.6 Å². The summed E-state index contributed by atoms with van der Waals surface area (Å²) in [6, 6.07) is 4.77. The summed E-state index contributed by atoms with van der Waals surface area (Å²) < 4.78 is 28.3. The van der Waals surface area contributed by atoms with Gasteiger partial charge in [-0.15, -0.1) is 0 Å². The molecule has 1 aliphatic rings. The van der Waals surface area contributed by atoms with Crippen LogP contribution in [0.25, 0.3) is 10.9 Å². The van der Waals surface area contributed by atoms with Crippen molar-refractivity contribution in [3.8, 4) is 23.7 Å². The van der Waals surface area contributed by atoms with Crippen LogP contribution in [0.3, 0.4) is 0 Å². The average Bonchev–Trinajstić information content (AvgIpc) is 2.73. The summed E-state index contributed by atoms with van der Waals surface area (Å²) in [5.41, 5.74) is 0.765. The number of carbonyl (C=O) groups excluding carboxylic acids is 1. The molecule has 10 nitrogen and oxygen atoms in total. The lowest BCUT2D eigenvalue weighted by molar-refractivity contribution is -0.140. The lowest BCUT2D eigenvalue weighted by Gasteiger charge is -2.30. The number of hydrogen-bond donors (Lipinski definition) is 3. The van der Waals surface area contributed by atoms with Gasteiger partial charge in [0.15, 0.2) is 20.2 Å². The number of amides is 1. The molecule has 0 radical (unpaired) electrons. The standard InChI is InChI=1S/C21H21N3O7S/c1-20(19(26)23-28,32(2,29)30)9-10-24-14-22-17-11-15(6-7-16(17)18(24)25)5-3-4-8-21(27)12-31-13-21/h6-7,11,14,27-28H,9-10,12-13H2,1-2H3,(H,23,26)/t20-/m1/s1. The zero-order valence-corrected chi connectivity index (χ0v) is 18.2. The number of aliphatic hydroxyl groups is 1. The molecule has 3 rings (SSSR count). The number of carbonyl (C=O) groups is 1. The molecule has 1 fully saturated rings. The van der Waals surface area contributed by atoms with Gasteiger partial charge in [-0.1, -0.05) is 5.92 Å². The Hall–Kier alpha value is -3.22. The normalized spacial score (nSPS) is 16.5. The van der Waals surface area contributed by atoms with E-state index in [-0.39, 0.29) is 31.6 Å². The highest BCUT2D eigenvalue weighted by Gasteiger charge is 2.43. The molecule has 2 aromatic rings. The first-order valence-corrected chi connectivity index (χ1v) is 11.3. The van der Waals surface area contributed by atoms with Crippen LogP contribution in [0, 0.1) is 23.7 Å². The number of aromatic nitrogens is 2. The number of sulfone groups is 1. The summed E-state index contributed by atoms with van der Waals surface area (Å²) in [7, 11) is -3.88. The van der Waals surface area contributed by atoms with Crippen molar-refractivity contribution in [1.29, 1.82) is 0 Å². The summed E-state index contributed by atoms with van der Waals surface area (Å²) >= 11 is 0. The van der Waals surface area contributed by atoms with E-state index < -0.39 is 31.7 Å². The van der Waals surface area contributed by atoms with Gasteiger partial charge in [0.1, 0.15) is 0 Å². The highest BCUT2D eigenvalue weighted by molar-refractivity contribution is 7.92. The van der Waals surface area contributed by atoms with Gasteiger partial charge in [-0.05, 0) is 49.3 Å². The van der Waals surface area contributed by atoms with Gasteiger partial charge in [0, 0.05) is 18.4 Å². The highest BCUT2D eigenvalue weighted by Crippen LogP contribution is 2.22. The first-order chi connectivity index (χ1) is 15.0. The molecule has 1 atom stereocenters. The van der Waals surface area contributed by atoms with Crippen LogP contribution in [0.5, 0.6) is 0 Å². The molecule has 3 N–H and O–H groups in total. The number of ether oxygens (including phenoxy) is 1. The number of aryl methyl sites for hydroxylation is 1. The largest absolute Gasteiger partial charge is 0.373 e. The Morgan fingerprint density at radius 2 is 2.09 bits per heavy atom. The topological polar surface area (TPSA) is 148 Å². The number of fused-ring (bicyclic) bond motifs is 1. The smallest absolute Gasteiger partial charge is 0.264 e. The zero-order chi connectivity index (χ0) is 23.6. The van der Waals surface area contributed by atoms with Crippen LogP contribution in [-0.4, -0.2) is 64.0 Å². The maximum atomic E-state index is 12.8. The number of hydroxylamine groups is 1. The molecule has 11 heteroatoms. The fraction of sp³-hybridized carbons (Fsp3) is 0.381. The Labute approximate surface area is 184 Å². The van der Waals surface area contributed by atoms with E-state index in [1.54, 1.807) is 18.2 Å². The van der Waals surface area contributed by atoms with Crippen LogP contribution in [0.2, 0.25) is 0 Å². The summed E-state index contributed by atoms with van der Waals surface area (Å²) in [6.45, 7) is 1.38. The second-order valence-electron chi connectivity index (χ2n) is 7.69. The van der Waals surface area contributed by atoms with Gasteiger partial charge in [-0.25, -0.2) is 18.9 Å². The molecule has 0 saturated carbocycles. The molecular formula is C21H21N3O7S. The summed E-state index contributed by atoms with van der Waals surface area (Å²) in [5.74, 6) is 9.56. The second-order valence-corrected chi connectivity index (χ2v) is 10.1. The maximum Gasteiger partial charge on any atom is 0.264 e. The minimum absolute atomic E-state index is 0.109. The van der Waals surface area contributed by atoms with Crippen LogP contribution < -0.4 is 11.0 Å². The monoisotopic (exact) mass is 459 g/mol. The van der Waals surface area contributed by atoms with Gasteiger partial charge in [-0.2, -0.15) is 0 Å². The highest BCUT2D eigenvalue weighted by atomic mass is 32.2. The van der Waals surface area contributed by atoms with Gasteiger partial charge < -0.3 is 9.84 Å². The van der Waals surface area contributed by atoms with E-state index in [0.717, 1.165) is 6.26 Å². The third-order valence-corrected chi connectivity index (χ3v) is 7.33. The third-order valence-electron chi connectivity index (χ3n) is 5.30. The SMILES string of the molecule is C[C@@](CCn1cnc2cc(C#CC#CC3(O)COC3)ccc2c1=O)(C(=O)NO)S(C)(=O)=O. The average molecular weight is 459 g/mol. The van der Waals surface area contributed by atoms with Gasteiger partial charge in [0.2, 0.25) is 0 Å². The second kappa shape index (κ2) is 8.73. The van der Waals surface area contributed by atoms with Gasteiger partial charge >= 0.3 is 0 Å². The molecule has 2 heterocycles. The van der Waals surface area contributed by atoms with Crippen LogP contribution >= 0.6 is 0 Å². The number of nitrogens with zero attached hydrogens (tertiary/aromatic N) is 2. The molecule has 1 aromatic carbocycles. The lowest BCUT2D eigenvalue weighted by Crippen LogP contribution is -2.50. The van der Waals surface area contributed by atoms with Gasteiger partial charge in [0.25, 0.3) is 11.5 Å². The fourth-order valence-electron chi connectivity index (χ4n) is 2.93. The first kappa shape index (κ1) is 23.4. The van der Waals surface area contributed by atoms with Crippen molar-refractivity contribution in [3.05, 3.63) is 40.4 Å². The Balaban J connectivity index is 1.83. The molecule has 0 unspecified atom stereocenters. The molecule has 1 aromatic heterocycles. The van der Waals surface area contributed by atoms with E-state index in [1.807, 2.05) is 0 Å². The minimum atomic E-state index is -3.88. The molecule has 168 valence electrons. The lowest BCUT2D eigenvalue weighted by atomic mass is 10.0. The number of rotatable bonds is 5. The molecule has 1 amide bonds. The summed E-state index contributed by atoms with van der Waals surface area (Å²) in [4.78, 5) is 28.9. The van der Waals surface area contributed by atoms with Crippen LogP contribution in [0.1, 0.15) is 18.9 Å². The molecule has 0 spiro atoms. The molecule has 0 aliphatic carbocycles. The maximum absolute atomic E-state index is 12.8. The predicted molar refractivity (Wildman–Crippen MR) is 114 cm³/mol. The number of nitrogens with one attached hydrogen (secondary N) is 1. The van der Waals surface area contributed by atoms with Crippen LogP contribution in [0.4, 0.5) is 0 Å². The molecule has 0 bridgehead atoms. The molecule has 32 heavy (non-hydrogen) atoms. The predicted octanol–water partition coefficient (Wildman–Crippen LogP) is -0.788. The molecule has 1 saturated heterocycles. The summed E-state index contributed by atoms with van der Waals surface area (Å²) in [5, 5.41) is 19.0. The van der Waals surface area contributed by atoms with Crippen molar-refractivity contribution in [1.82, 2.24) is 15.0 Å². The van der Waals surface area contributed by atoms with Gasteiger partial charge in [0.05, 0.1) is 30.4 Å². The van der Waals surface area contributed by atoms with Crippen molar-refractivity contribution in [2.75, 3.05) is 19.5 Å². The Morgan fingerprint density at radius 3 is 2.69 bits per heavy atom. The van der Waals surface area contributed by atoms with Crippen LogP contribution in [0.15, 0.2) is 29.3 Å². The third kappa shape index (κ3) is 4.66. The molecular weight excluding hydrogens is 438 g/mol. The van der Waals surface area contributed by atoms with E-state index in [9.17, 15) is 23.1 Å². The quantitative estimate of drug-likeness (QED) is 0.299.